The van der Waals surface area contributed by atoms with Gasteiger partial charge in [0.15, 0.2) is 0 Å². The van der Waals surface area contributed by atoms with E-state index in [0.29, 0.717) is 6.54 Å². The summed E-state index contributed by atoms with van der Waals surface area (Å²) in [6.07, 6.45) is 1.00. The highest BCUT2D eigenvalue weighted by Gasteiger charge is 2.03. The van der Waals surface area contributed by atoms with Crippen LogP contribution in [-0.4, -0.2) is 17.6 Å². The first-order valence-electron chi connectivity index (χ1n) is 5.44. The molecular weight excluding hydrogens is 204 g/mol. The summed E-state index contributed by atoms with van der Waals surface area (Å²) in [5.74, 6) is -0.797. The van der Waals surface area contributed by atoms with Gasteiger partial charge in [0.25, 0.3) is 0 Å². The molecule has 1 aromatic carbocycles. The van der Waals surface area contributed by atoms with Crippen LogP contribution in [0.5, 0.6) is 0 Å². The Labute approximate surface area is 95.5 Å². The average molecular weight is 222 g/mol. The topological polar surface area (TPSA) is 75.3 Å². The zero-order valence-corrected chi connectivity index (χ0v) is 9.44. The Balaban J connectivity index is 2.57. The van der Waals surface area contributed by atoms with Crippen molar-refractivity contribution < 1.29 is 9.90 Å². The van der Waals surface area contributed by atoms with Gasteiger partial charge in [-0.2, -0.15) is 0 Å². The second kappa shape index (κ2) is 6.12. The fraction of sp³-hybridized carbons (Fsp3) is 0.417. The summed E-state index contributed by atoms with van der Waals surface area (Å²) in [5.41, 5.74) is 7.91. The number of carboxylic acid groups (broad SMARTS) is 1. The monoisotopic (exact) mass is 222 g/mol. The van der Waals surface area contributed by atoms with Gasteiger partial charge in [-0.05, 0) is 24.1 Å². The van der Waals surface area contributed by atoms with E-state index in [4.69, 9.17) is 10.8 Å². The van der Waals surface area contributed by atoms with Gasteiger partial charge >= 0.3 is 5.97 Å². The molecule has 0 saturated carbocycles. The molecule has 0 aliphatic carbocycles. The predicted molar refractivity (Wildman–Crippen MR) is 64.4 cm³/mol. The van der Waals surface area contributed by atoms with Crippen molar-refractivity contribution in [2.45, 2.75) is 25.8 Å². The van der Waals surface area contributed by atoms with Gasteiger partial charge in [-0.1, -0.05) is 19.1 Å². The van der Waals surface area contributed by atoms with Gasteiger partial charge in [-0.15, -0.1) is 0 Å². The molecule has 0 spiro atoms. The van der Waals surface area contributed by atoms with Crippen LogP contribution >= 0.6 is 0 Å². The maximum atomic E-state index is 10.4. The highest BCUT2D eigenvalue weighted by atomic mass is 16.4. The van der Waals surface area contributed by atoms with Gasteiger partial charge in [0, 0.05) is 18.3 Å². The Morgan fingerprint density at radius 1 is 1.56 bits per heavy atom. The third-order valence-electron chi connectivity index (χ3n) is 2.42. The van der Waals surface area contributed by atoms with E-state index in [0.717, 1.165) is 17.7 Å². The third-order valence-corrected chi connectivity index (χ3v) is 2.42. The molecule has 0 aliphatic heterocycles. The van der Waals surface area contributed by atoms with Crippen LogP contribution in [-0.2, 0) is 4.79 Å². The Morgan fingerprint density at radius 2 is 2.31 bits per heavy atom. The molecule has 4 heteroatoms. The van der Waals surface area contributed by atoms with E-state index in [-0.39, 0.29) is 12.5 Å². The summed E-state index contributed by atoms with van der Waals surface area (Å²) in [5, 5.41) is 11.6. The van der Waals surface area contributed by atoms with Gasteiger partial charge < -0.3 is 16.2 Å². The van der Waals surface area contributed by atoms with E-state index >= 15 is 0 Å². The largest absolute Gasteiger partial charge is 0.481 e. The average Bonchev–Trinajstić information content (AvgIpc) is 2.28. The number of anilines is 1. The number of benzene rings is 1. The third kappa shape index (κ3) is 3.90. The molecule has 0 aliphatic rings. The molecule has 88 valence electrons. The Bertz CT molecular complexity index is 353. The van der Waals surface area contributed by atoms with Gasteiger partial charge in [0.1, 0.15) is 0 Å². The Kier molecular flexibility index (Phi) is 4.79. The summed E-state index contributed by atoms with van der Waals surface area (Å²) in [6, 6.07) is 7.83. The van der Waals surface area contributed by atoms with Crippen LogP contribution in [0.2, 0.25) is 0 Å². The van der Waals surface area contributed by atoms with Crippen LogP contribution in [0.3, 0.4) is 0 Å². The highest BCUT2D eigenvalue weighted by Crippen LogP contribution is 2.17. The Morgan fingerprint density at radius 3 is 2.94 bits per heavy atom. The normalized spacial score (nSPS) is 12.1. The molecule has 0 amide bonds. The molecule has 16 heavy (non-hydrogen) atoms. The SMILES string of the molecule is CCC(N)c1cccc(NCCC(=O)O)c1. The van der Waals surface area contributed by atoms with Crippen molar-refractivity contribution in [2.75, 3.05) is 11.9 Å². The summed E-state index contributed by atoms with van der Waals surface area (Å²) in [6.45, 7) is 2.47. The van der Waals surface area contributed by atoms with Crippen LogP contribution in [0.1, 0.15) is 31.4 Å². The van der Waals surface area contributed by atoms with Crippen molar-refractivity contribution >= 4 is 11.7 Å². The minimum atomic E-state index is -0.797. The van der Waals surface area contributed by atoms with E-state index in [9.17, 15) is 4.79 Å². The molecule has 1 atom stereocenters. The van der Waals surface area contributed by atoms with Crippen molar-refractivity contribution in [3.63, 3.8) is 0 Å². The van der Waals surface area contributed by atoms with Crippen LogP contribution in [0.15, 0.2) is 24.3 Å². The lowest BCUT2D eigenvalue weighted by molar-refractivity contribution is -0.136. The molecule has 0 heterocycles. The maximum absolute atomic E-state index is 10.4. The van der Waals surface area contributed by atoms with Crippen molar-refractivity contribution in [2.24, 2.45) is 5.73 Å². The smallest absolute Gasteiger partial charge is 0.305 e. The van der Waals surface area contributed by atoms with Crippen LogP contribution in [0.4, 0.5) is 5.69 Å². The number of carboxylic acids is 1. The first kappa shape index (κ1) is 12.5. The van der Waals surface area contributed by atoms with Gasteiger partial charge in [0.2, 0.25) is 0 Å². The number of hydrogen-bond donors (Lipinski definition) is 3. The molecule has 1 aromatic rings. The van der Waals surface area contributed by atoms with Gasteiger partial charge in [0.05, 0.1) is 6.42 Å². The van der Waals surface area contributed by atoms with E-state index in [1.54, 1.807) is 0 Å². The first-order chi connectivity index (χ1) is 7.63. The lowest BCUT2D eigenvalue weighted by Gasteiger charge is -2.11. The molecule has 0 aromatic heterocycles. The van der Waals surface area contributed by atoms with Crippen LogP contribution in [0, 0.1) is 0 Å². The van der Waals surface area contributed by atoms with E-state index in [2.05, 4.69) is 5.32 Å². The number of rotatable bonds is 6. The standard InChI is InChI=1S/C12H18N2O2/c1-2-11(13)9-4-3-5-10(8-9)14-7-6-12(15)16/h3-5,8,11,14H,2,6-7,13H2,1H3,(H,15,16). The van der Waals surface area contributed by atoms with Crippen LogP contribution in [0.25, 0.3) is 0 Å². The Hall–Kier alpha value is -1.55. The van der Waals surface area contributed by atoms with Gasteiger partial charge in [-0.25, -0.2) is 0 Å². The molecular formula is C12H18N2O2. The van der Waals surface area contributed by atoms with E-state index in [1.165, 1.54) is 0 Å². The van der Waals surface area contributed by atoms with Gasteiger partial charge in [-0.3, -0.25) is 4.79 Å². The lowest BCUT2D eigenvalue weighted by atomic mass is 10.1. The minimum absolute atomic E-state index is 0.0428. The second-order valence-corrected chi connectivity index (χ2v) is 3.71. The first-order valence-corrected chi connectivity index (χ1v) is 5.44. The number of aliphatic carboxylic acids is 1. The number of nitrogens with one attached hydrogen (secondary N) is 1. The summed E-state index contributed by atoms with van der Waals surface area (Å²) in [7, 11) is 0. The van der Waals surface area contributed by atoms with E-state index in [1.807, 2.05) is 31.2 Å². The molecule has 1 rings (SSSR count). The zero-order chi connectivity index (χ0) is 12.0. The van der Waals surface area contributed by atoms with E-state index < -0.39 is 5.97 Å². The zero-order valence-electron chi connectivity index (χ0n) is 9.44. The number of carbonyl (C=O) groups is 1. The molecule has 4 nitrogen and oxygen atoms in total. The predicted octanol–water partition coefficient (Wildman–Crippen LogP) is 1.98. The lowest BCUT2D eigenvalue weighted by Crippen LogP contribution is -2.10. The quantitative estimate of drug-likeness (QED) is 0.688. The number of nitrogens with two attached hydrogens (primary N) is 1. The van der Waals surface area contributed by atoms with Crippen molar-refractivity contribution in [3.8, 4) is 0 Å². The molecule has 0 saturated heterocycles. The number of hydrogen-bond acceptors (Lipinski definition) is 3. The molecule has 0 radical (unpaired) electrons. The molecule has 0 bridgehead atoms. The van der Waals surface area contributed by atoms with Crippen LogP contribution < -0.4 is 11.1 Å². The second-order valence-electron chi connectivity index (χ2n) is 3.71. The maximum Gasteiger partial charge on any atom is 0.305 e. The summed E-state index contributed by atoms with van der Waals surface area (Å²) in [4.78, 5) is 10.4. The highest BCUT2D eigenvalue weighted by molar-refractivity contribution is 5.67. The van der Waals surface area contributed by atoms with Crippen molar-refractivity contribution in [1.29, 1.82) is 0 Å². The summed E-state index contributed by atoms with van der Waals surface area (Å²) < 4.78 is 0. The summed E-state index contributed by atoms with van der Waals surface area (Å²) >= 11 is 0. The fourth-order valence-electron chi connectivity index (χ4n) is 1.43. The molecule has 1 unspecified atom stereocenters. The fourth-order valence-corrected chi connectivity index (χ4v) is 1.43. The minimum Gasteiger partial charge on any atom is -0.481 e. The molecule has 0 fully saturated rings. The molecule has 4 N–H and O–H groups in total. The van der Waals surface area contributed by atoms with Crippen molar-refractivity contribution in [1.82, 2.24) is 0 Å². The van der Waals surface area contributed by atoms with Crippen molar-refractivity contribution in [3.05, 3.63) is 29.8 Å².